The molecule has 90 valence electrons. The molecule has 1 aromatic rings. The van der Waals surface area contributed by atoms with Crippen LogP contribution >= 0.6 is 11.6 Å². The van der Waals surface area contributed by atoms with Gasteiger partial charge in [0, 0.05) is 12.5 Å². The zero-order chi connectivity index (χ0) is 11.4. The van der Waals surface area contributed by atoms with Gasteiger partial charge < -0.3 is 14.5 Å². The van der Waals surface area contributed by atoms with Crippen LogP contribution in [0, 0.1) is 5.92 Å². The van der Waals surface area contributed by atoms with Crippen molar-refractivity contribution < 1.29 is 9.15 Å². The maximum Gasteiger partial charge on any atom is 0.193 e. The van der Waals surface area contributed by atoms with Gasteiger partial charge in [0.25, 0.3) is 0 Å². The average molecular weight is 244 g/mol. The highest BCUT2D eigenvalue weighted by atomic mass is 35.5. The van der Waals surface area contributed by atoms with E-state index in [1.807, 2.05) is 6.07 Å². The van der Waals surface area contributed by atoms with Gasteiger partial charge in [-0.3, -0.25) is 0 Å². The molecule has 1 fully saturated rings. The lowest BCUT2D eigenvalue weighted by atomic mass is 9.92. The summed E-state index contributed by atoms with van der Waals surface area (Å²) in [6.07, 6.45) is 2.30. The summed E-state index contributed by atoms with van der Waals surface area (Å²) in [6, 6.07) is 3.97. The Balaban J connectivity index is 2.09. The quantitative estimate of drug-likeness (QED) is 0.883. The maximum atomic E-state index is 5.82. The molecular formula is C12H18ClNO2. The van der Waals surface area contributed by atoms with Gasteiger partial charge in [0.2, 0.25) is 0 Å². The van der Waals surface area contributed by atoms with E-state index >= 15 is 0 Å². The van der Waals surface area contributed by atoms with Gasteiger partial charge in [-0.2, -0.15) is 0 Å². The van der Waals surface area contributed by atoms with Crippen LogP contribution in [0.1, 0.15) is 31.6 Å². The van der Waals surface area contributed by atoms with E-state index in [0.717, 1.165) is 31.9 Å². The summed E-state index contributed by atoms with van der Waals surface area (Å²) < 4.78 is 11.0. The molecule has 2 rings (SSSR count). The summed E-state index contributed by atoms with van der Waals surface area (Å²) in [5, 5.41) is 3.90. The molecule has 0 saturated carbocycles. The van der Waals surface area contributed by atoms with Gasteiger partial charge >= 0.3 is 0 Å². The van der Waals surface area contributed by atoms with Crippen molar-refractivity contribution in [3.05, 3.63) is 23.1 Å². The molecule has 4 heteroatoms. The summed E-state index contributed by atoms with van der Waals surface area (Å²) in [6.45, 7) is 4.70. The molecule has 1 aromatic heterocycles. The number of rotatable bonds is 4. The minimum absolute atomic E-state index is 0.220. The molecule has 0 bridgehead atoms. The van der Waals surface area contributed by atoms with E-state index in [1.165, 1.54) is 6.42 Å². The van der Waals surface area contributed by atoms with Gasteiger partial charge in [0.15, 0.2) is 5.22 Å². The van der Waals surface area contributed by atoms with Crippen LogP contribution in [-0.2, 0) is 4.74 Å². The van der Waals surface area contributed by atoms with Crippen LogP contribution in [0.25, 0.3) is 0 Å². The smallest absolute Gasteiger partial charge is 0.193 e. The summed E-state index contributed by atoms with van der Waals surface area (Å²) >= 11 is 5.82. The Morgan fingerprint density at radius 3 is 3.00 bits per heavy atom. The zero-order valence-corrected chi connectivity index (χ0v) is 10.3. The topological polar surface area (TPSA) is 34.4 Å². The predicted octanol–water partition coefficient (Wildman–Crippen LogP) is 3.01. The molecule has 0 aliphatic carbocycles. The van der Waals surface area contributed by atoms with Gasteiger partial charge in [-0.05, 0) is 43.1 Å². The SMILES string of the molecule is CCNC(c1ccc(Cl)o1)C1CCCOC1. The molecule has 2 heterocycles. The normalized spacial score (nSPS) is 23.2. The lowest BCUT2D eigenvalue weighted by molar-refractivity contribution is 0.0358. The number of hydrogen-bond donors (Lipinski definition) is 1. The number of furan rings is 1. The van der Waals surface area contributed by atoms with Crippen LogP contribution in [0.3, 0.4) is 0 Å². The monoisotopic (exact) mass is 243 g/mol. The molecule has 0 spiro atoms. The first-order valence-corrected chi connectivity index (χ1v) is 6.25. The van der Waals surface area contributed by atoms with Crippen LogP contribution in [0.5, 0.6) is 0 Å². The number of ether oxygens (including phenoxy) is 1. The molecule has 0 amide bonds. The second-order valence-corrected chi connectivity index (χ2v) is 4.53. The number of hydrogen-bond acceptors (Lipinski definition) is 3. The second-order valence-electron chi connectivity index (χ2n) is 4.15. The molecule has 1 saturated heterocycles. The van der Waals surface area contributed by atoms with Crippen LogP contribution in [0.2, 0.25) is 5.22 Å². The second kappa shape index (κ2) is 5.71. The third-order valence-corrected chi connectivity index (χ3v) is 3.19. The van der Waals surface area contributed by atoms with Crippen molar-refractivity contribution in [1.82, 2.24) is 5.32 Å². The minimum Gasteiger partial charge on any atom is -0.448 e. The highest BCUT2D eigenvalue weighted by molar-refractivity contribution is 6.28. The van der Waals surface area contributed by atoms with E-state index < -0.39 is 0 Å². The van der Waals surface area contributed by atoms with E-state index in [2.05, 4.69) is 12.2 Å². The standard InChI is InChI=1S/C12H18ClNO2/c1-2-14-12(9-4-3-7-15-8-9)10-5-6-11(13)16-10/h5-6,9,12,14H,2-4,7-8H2,1H3. The highest BCUT2D eigenvalue weighted by Gasteiger charge is 2.27. The van der Waals surface area contributed by atoms with Gasteiger partial charge in [0.05, 0.1) is 12.6 Å². The Kier molecular flexibility index (Phi) is 4.27. The van der Waals surface area contributed by atoms with Crippen molar-refractivity contribution in [3.8, 4) is 0 Å². The number of halogens is 1. The van der Waals surface area contributed by atoms with Crippen molar-refractivity contribution in [1.29, 1.82) is 0 Å². The molecule has 0 radical (unpaired) electrons. The first kappa shape index (κ1) is 12.0. The Morgan fingerprint density at radius 1 is 1.56 bits per heavy atom. The zero-order valence-electron chi connectivity index (χ0n) is 9.54. The van der Waals surface area contributed by atoms with Crippen molar-refractivity contribution in [2.45, 2.75) is 25.8 Å². The fourth-order valence-electron chi connectivity index (χ4n) is 2.24. The van der Waals surface area contributed by atoms with Crippen LogP contribution in [0.15, 0.2) is 16.5 Å². The Bertz CT molecular complexity index is 321. The number of nitrogens with one attached hydrogen (secondary N) is 1. The molecule has 3 nitrogen and oxygen atoms in total. The fourth-order valence-corrected chi connectivity index (χ4v) is 2.40. The van der Waals surface area contributed by atoms with Crippen molar-refractivity contribution in [2.24, 2.45) is 5.92 Å². The van der Waals surface area contributed by atoms with Crippen molar-refractivity contribution in [2.75, 3.05) is 19.8 Å². The van der Waals surface area contributed by atoms with E-state index in [0.29, 0.717) is 11.1 Å². The summed E-state index contributed by atoms with van der Waals surface area (Å²) in [4.78, 5) is 0. The third-order valence-electron chi connectivity index (χ3n) is 2.99. The Labute approximate surface area is 101 Å². The average Bonchev–Trinajstić information content (AvgIpc) is 2.74. The van der Waals surface area contributed by atoms with Crippen molar-refractivity contribution in [3.63, 3.8) is 0 Å². The van der Waals surface area contributed by atoms with Gasteiger partial charge in [-0.25, -0.2) is 0 Å². The fraction of sp³-hybridized carbons (Fsp3) is 0.667. The molecule has 1 aliphatic heterocycles. The molecule has 2 unspecified atom stereocenters. The largest absolute Gasteiger partial charge is 0.448 e. The first-order chi connectivity index (χ1) is 7.81. The van der Waals surface area contributed by atoms with Gasteiger partial charge in [-0.1, -0.05) is 6.92 Å². The lowest BCUT2D eigenvalue weighted by Gasteiger charge is -2.29. The van der Waals surface area contributed by atoms with Gasteiger partial charge in [0.1, 0.15) is 5.76 Å². The highest BCUT2D eigenvalue weighted by Crippen LogP contribution is 2.30. The summed E-state index contributed by atoms with van der Waals surface area (Å²) in [5.41, 5.74) is 0. The van der Waals surface area contributed by atoms with E-state index in [-0.39, 0.29) is 6.04 Å². The molecule has 1 N–H and O–H groups in total. The van der Waals surface area contributed by atoms with Crippen LogP contribution < -0.4 is 5.32 Å². The van der Waals surface area contributed by atoms with Gasteiger partial charge in [-0.15, -0.1) is 0 Å². The van der Waals surface area contributed by atoms with Crippen LogP contribution in [0.4, 0.5) is 0 Å². The lowest BCUT2D eigenvalue weighted by Crippen LogP contribution is -2.33. The first-order valence-electron chi connectivity index (χ1n) is 5.87. The predicted molar refractivity (Wildman–Crippen MR) is 63.7 cm³/mol. The Morgan fingerprint density at radius 2 is 2.44 bits per heavy atom. The van der Waals surface area contributed by atoms with E-state index in [9.17, 15) is 0 Å². The molecule has 16 heavy (non-hydrogen) atoms. The minimum atomic E-state index is 0.220. The van der Waals surface area contributed by atoms with Crippen LogP contribution in [-0.4, -0.2) is 19.8 Å². The van der Waals surface area contributed by atoms with Crippen molar-refractivity contribution >= 4 is 11.6 Å². The maximum absolute atomic E-state index is 5.82. The summed E-state index contributed by atoms with van der Waals surface area (Å²) in [7, 11) is 0. The Hall–Kier alpha value is -0.510. The third kappa shape index (κ3) is 2.78. The molecule has 1 aliphatic rings. The van der Waals surface area contributed by atoms with E-state index in [4.69, 9.17) is 20.8 Å². The molecular weight excluding hydrogens is 226 g/mol. The van der Waals surface area contributed by atoms with E-state index in [1.54, 1.807) is 6.07 Å². The molecule has 0 aromatic carbocycles. The molecule has 2 atom stereocenters. The summed E-state index contributed by atoms with van der Waals surface area (Å²) in [5.74, 6) is 1.40.